The van der Waals surface area contributed by atoms with Crippen LogP contribution in [0.5, 0.6) is 11.5 Å². The minimum absolute atomic E-state index is 0.105. The Balaban J connectivity index is 1.56. The van der Waals surface area contributed by atoms with E-state index >= 15 is 0 Å². The molecular formula is C17H18N4O4. The zero-order valence-electron chi connectivity index (χ0n) is 13.8. The van der Waals surface area contributed by atoms with Crippen LogP contribution in [0, 0.1) is 0 Å². The van der Waals surface area contributed by atoms with Crippen LogP contribution in [0.15, 0.2) is 18.2 Å². The van der Waals surface area contributed by atoms with Crippen molar-refractivity contribution < 1.29 is 19.1 Å². The summed E-state index contributed by atoms with van der Waals surface area (Å²) in [6.45, 7) is 3.47. The van der Waals surface area contributed by atoms with Gasteiger partial charge in [0.2, 0.25) is 6.79 Å². The van der Waals surface area contributed by atoms with Crippen molar-refractivity contribution in [2.24, 2.45) is 0 Å². The summed E-state index contributed by atoms with van der Waals surface area (Å²) in [5, 5.41) is 9.78. The van der Waals surface area contributed by atoms with Crippen molar-refractivity contribution in [3.63, 3.8) is 0 Å². The number of fused-ring (bicyclic) bond motifs is 2. The van der Waals surface area contributed by atoms with Gasteiger partial charge in [-0.25, -0.2) is 0 Å². The molecule has 2 aliphatic heterocycles. The van der Waals surface area contributed by atoms with Crippen molar-refractivity contribution >= 4 is 11.8 Å². The van der Waals surface area contributed by atoms with Crippen LogP contribution in [0.1, 0.15) is 39.0 Å². The summed E-state index contributed by atoms with van der Waals surface area (Å²) in [6, 6.07) is 5.16. The zero-order valence-corrected chi connectivity index (χ0v) is 13.8. The van der Waals surface area contributed by atoms with Crippen LogP contribution in [-0.2, 0) is 13.0 Å². The number of H-pyrrole nitrogens is 1. The maximum atomic E-state index is 12.8. The van der Waals surface area contributed by atoms with Crippen LogP contribution in [0.4, 0.5) is 0 Å². The first-order chi connectivity index (χ1) is 12.2. The minimum Gasteiger partial charge on any atom is -0.454 e. The van der Waals surface area contributed by atoms with E-state index in [0.29, 0.717) is 48.8 Å². The van der Waals surface area contributed by atoms with Gasteiger partial charge in [0.25, 0.3) is 11.8 Å². The Labute approximate surface area is 144 Å². The van der Waals surface area contributed by atoms with Crippen molar-refractivity contribution in [2.75, 3.05) is 19.9 Å². The maximum Gasteiger partial charge on any atom is 0.272 e. The Morgan fingerprint density at radius 2 is 2.16 bits per heavy atom. The SMILES string of the molecule is CCNC(=O)c1n[nH]c2c1CN(C(=O)c1ccc3c(c1)OCO3)CC2. The van der Waals surface area contributed by atoms with E-state index in [9.17, 15) is 9.59 Å². The lowest BCUT2D eigenvalue weighted by Crippen LogP contribution is -2.36. The molecule has 3 heterocycles. The molecule has 0 saturated carbocycles. The number of benzene rings is 1. The van der Waals surface area contributed by atoms with Gasteiger partial charge in [-0.2, -0.15) is 5.10 Å². The van der Waals surface area contributed by atoms with Crippen molar-refractivity contribution in [1.82, 2.24) is 20.4 Å². The molecule has 0 saturated heterocycles. The summed E-state index contributed by atoms with van der Waals surface area (Å²) in [5.74, 6) is 0.894. The van der Waals surface area contributed by atoms with Gasteiger partial charge in [-0.1, -0.05) is 0 Å². The summed E-state index contributed by atoms with van der Waals surface area (Å²) in [7, 11) is 0. The fraction of sp³-hybridized carbons (Fsp3) is 0.353. The van der Waals surface area contributed by atoms with Gasteiger partial charge < -0.3 is 19.7 Å². The zero-order chi connectivity index (χ0) is 17.4. The van der Waals surface area contributed by atoms with E-state index in [4.69, 9.17) is 9.47 Å². The third-order valence-corrected chi connectivity index (χ3v) is 4.39. The lowest BCUT2D eigenvalue weighted by molar-refractivity contribution is 0.0731. The molecule has 1 aromatic heterocycles. The number of hydrogen-bond acceptors (Lipinski definition) is 5. The van der Waals surface area contributed by atoms with Gasteiger partial charge in [0.15, 0.2) is 17.2 Å². The molecule has 4 rings (SSSR count). The lowest BCUT2D eigenvalue weighted by atomic mass is 10.0. The summed E-state index contributed by atoms with van der Waals surface area (Å²) >= 11 is 0. The Morgan fingerprint density at radius 3 is 3.00 bits per heavy atom. The fourth-order valence-corrected chi connectivity index (χ4v) is 3.11. The maximum absolute atomic E-state index is 12.8. The minimum atomic E-state index is -0.225. The van der Waals surface area contributed by atoms with Crippen LogP contribution >= 0.6 is 0 Å². The number of carbonyl (C=O) groups excluding carboxylic acids is 2. The molecule has 0 spiro atoms. The summed E-state index contributed by atoms with van der Waals surface area (Å²) in [4.78, 5) is 26.7. The predicted octanol–water partition coefficient (Wildman–Crippen LogP) is 1.09. The molecule has 0 aliphatic carbocycles. The first kappa shape index (κ1) is 15.5. The second kappa shape index (κ2) is 6.12. The average Bonchev–Trinajstić information content (AvgIpc) is 3.26. The highest BCUT2D eigenvalue weighted by atomic mass is 16.7. The smallest absolute Gasteiger partial charge is 0.272 e. The molecule has 2 aliphatic rings. The topological polar surface area (TPSA) is 96.6 Å². The van der Waals surface area contributed by atoms with E-state index in [1.807, 2.05) is 6.92 Å². The molecule has 25 heavy (non-hydrogen) atoms. The van der Waals surface area contributed by atoms with Crippen molar-refractivity contribution in [3.05, 3.63) is 40.7 Å². The number of carbonyl (C=O) groups is 2. The molecule has 0 bridgehead atoms. The number of ether oxygens (including phenoxy) is 2. The summed E-state index contributed by atoms with van der Waals surface area (Å²) < 4.78 is 10.6. The molecule has 0 unspecified atom stereocenters. The third kappa shape index (κ3) is 2.69. The largest absolute Gasteiger partial charge is 0.454 e. The highest BCUT2D eigenvalue weighted by Crippen LogP contribution is 2.33. The average molecular weight is 342 g/mol. The van der Waals surface area contributed by atoms with Crippen LogP contribution in [0.3, 0.4) is 0 Å². The van der Waals surface area contributed by atoms with Crippen LogP contribution in [0.25, 0.3) is 0 Å². The number of amides is 2. The fourth-order valence-electron chi connectivity index (χ4n) is 3.11. The molecule has 1 aromatic carbocycles. The number of nitrogens with one attached hydrogen (secondary N) is 2. The van der Waals surface area contributed by atoms with E-state index in [1.54, 1.807) is 23.1 Å². The van der Waals surface area contributed by atoms with Crippen LogP contribution in [0.2, 0.25) is 0 Å². The van der Waals surface area contributed by atoms with E-state index in [0.717, 1.165) is 11.3 Å². The lowest BCUT2D eigenvalue weighted by Gasteiger charge is -2.27. The molecule has 0 radical (unpaired) electrons. The van der Waals surface area contributed by atoms with Gasteiger partial charge in [0.05, 0.1) is 6.54 Å². The molecule has 8 heteroatoms. The molecule has 0 atom stereocenters. The highest BCUT2D eigenvalue weighted by molar-refractivity contribution is 5.96. The highest BCUT2D eigenvalue weighted by Gasteiger charge is 2.28. The predicted molar refractivity (Wildman–Crippen MR) is 87.6 cm³/mol. The van der Waals surface area contributed by atoms with E-state index in [2.05, 4.69) is 15.5 Å². The summed E-state index contributed by atoms with van der Waals surface area (Å²) in [6.07, 6.45) is 0.637. The van der Waals surface area contributed by atoms with Gasteiger partial charge >= 0.3 is 0 Å². The third-order valence-electron chi connectivity index (χ3n) is 4.39. The van der Waals surface area contributed by atoms with Crippen molar-refractivity contribution in [2.45, 2.75) is 19.9 Å². The van der Waals surface area contributed by atoms with Crippen molar-refractivity contribution in [3.8, 4) is 11.5 Å². The molecule has 2 aromatic rings. The van der Waals surface area contributed by atoms with Gasteiger partial charge in [0.1, 0.15) is 0 Å². The van der Waals surface area contributed by atoms with Gasteiger partial charge in [-0.05, 0) is 25.1 Å². The molecule has 0 fully saturated rings. The number of aromatic nitrogens is 2. The molecule has 130 valence electrons. The van der Waals surface area contributed by atoms with E-state index < -0.39 is 0 Å². The monoisotopic (exact) mass is 342 g/mol. The Morgan fingerprint density at radius 1 is 1.32 bits per heavy atom. The normalized spacial score (nSPS) is 15.0. The second-order valence-corrected chi connectivity index (χ2v) is 5.93. The number of nitrogens with zero attached hydrogens (tertiary/aromatic N) is 2. The molecule has 2 amide bonds. The number of hydrogen-bond donors (Lipinski definition) is 2. The van der Waals surface area contributed by atoms with E-state index in [-0.39, 0.29) is 18.6 Å². The Kier molecular flexibility index (Phi) is 3.79. The van der Waals surface area contributed by atoms with Crippen LogP contribution in [-0.4, -0.2) is 46.8 Å². The van der Waals surface area contributed by atoms with Gasteiger partial charge in [-0.3, -0.25) is 14.7 Å². The van der Waals surface area contributed by atoms with Gasteiger partial charge in [0, 0.05) is 36.3 Å². The number of aromatic amines is 1. The van der Waals surface area contributed by atoms with Crippen LogP contribution < -0.4 is 14.8 Å². The molecular weight excluding hydrogens is 324 g/mol. The molecule has 8 nitrogen and oxygen atoms in total. The van der Waals surface area contributed by atoms with Gasteiger partial charge in [-0.15, -0.1) is 0 Å². The number of rotatable bonds is 3. The quantitative estimate of drug-likeness (QED) is 0.870. The van der Waals surface area contributed by atoms with E-state index in [1.165, 1.54) is 0 Å². The first-order valence-electron chi connectivity index (χ1n) is 8.20. The Hall–Kier alpha value is -3.03. The first-order valence-corrected chi connectivity index (χ1v) is 8.20. The standard InChI is InChI=1S/C17H18N4O4/c1-2-18-16(22)15-11-8-21(6-5-12(11)19-20-15)17(23)10-3-4-13-14(7-10)25-9-24-13/h3-4,7H,2,5-6,8-9H2,1H3,(H,18,22)(H,19,20). The Bertz CT molecular complexity index is 845. The molecule has 2 N–H and O–H groups in total. The van der Waals surface area contributed by atoms with Crippen molar-refractivity contribution in [1.29, 1.82) is 0 Å². The summed E-state index contributed by atoms with van der Waals surface area (Å²) in [5.41, 5.74) is 2.60. The second-order valence-electron chi connectivity index (χ2n) is 5.93.